The Morgan fingerprint density at radius 2 is 2.25 bits per heavy atom. The highest BCUT2D eigenvalue weighted by Crippen LogP contribution is 2.34. The van der Waals surface area contributed by atoms with E-state index in [2.05, 4.69) is 15.3 Å². The number of aromatic nitrogens is 2. The summed E-state index contributed by atoms with van der Waals surface area (Å²) >= 11 is 2.41. The van der Waals surface area contributed by atoms with Gasteiger partial charge in [-0.2, -0.15) is 0 Å². The third kappa shape index (κ3) is 2.28. The molecular weight excluding hydrogens is 300 g/mol. The summed E-state index contributed by atoms with van der Waals surface area (Å²) < 4.78 is 0.770. The number of nitro groups is 1. The van der Waals surface area contributed by atoms with Crippen LogP contribution in [0.25, 0.3) is 10.2 Å². The van der Waals surface area contributed by atoms with Crippen molar-refractivity contribution in [3.63, 3.8) is 0 Å². The van der Waals surface area contributed by atoms with Crippen molar-refractivity contribution >= 4 is 44.3 Å². The Kier molecular flexibility index (Phi) is 3.20. The topological polar surface area (TPSA) is 101 Å². The molecule has 3 aromatic rings. The quantitative estimate of drug-likeness (QED) is 0.570. The van der Waals surface area contributed by atoms with Gasteiger partial charge in [-0.25, -0.2) is 4.98 Å². The number of hydrogen-bond acceptors (Lipinski definition) is 7. The van der Waals surface area contributed by atoms with Crippen molar-refractivity contribution in [3.05, 3.63) is 48.5 Å². The summed E-state index contributed by atoms with van der Waals surface area (Å²) in [6.45, 7) is 0.315. The lowest BCUT2D eigenvalue weighted by Gasteiger charge is -2.05. The van der Waals surface area contributed by atoms with Crippen molar-refractivity contribution in [2.45, 2.75) is 6.54 Å². The lowest BCUT2D eigenvalue weighted by Crippen LogP contribution is -2.05. The molecule has 0 bridgehead atoms. The summed E-state index contributed by atoms with van der Waals surface area (Å²) in [7, 11) is 0. The SMILES string of the molecule is O=c1[nH]c(CNc2ccc3scnc3c2[N+](=O)[O-])cs1. The summed E-state index contributed by atoms with van der Waals surface area (Å²) in [5.74, 6) is 0. The van der Waals surface area contributed by atoms with Gasteiger partial charge in [-0.05, 0) is 12.1 Å². The van der Waals surface area contributed by atoms with Gasteiger partial charge in [0.15, 0.2) is 5.52 Å². The first-order valence-electron chi connectivity index (χ1n) is 5.56. The maximum Gasteiger partial charge on any atom is 0.319 e. The van der Waals surface area contributed by atoms with E-state index in [1.807, 2.05) is 0 Å². The number of hydrogen-bond donors (Lipinski definition) is 2. The standard InChI is InChI=1S/C11H8N4O3S2/c16-11-14-6(4-19-11)3-12-7-1-2-8-9(13-5-20-8)10(7)15(17)18/h1-2,4-5,12H,3H2,(H,14,16). The minimum atomic E-state index is -0.444. The largest absolute Gasteiger partial charge is 0.374 e. The molecule has 0 amide bonds. The fourth-order valence-electron chi connectivity index (χ4n) is 1.84. The highest BCUT2D eigenvalue weighted by molar-refractivity contribution is 7.16. The maximum atomic E-state index is 11.2. The van der Waals surface area contributed by atoms with Gasteiger partial charge >= 0.3 is 10.6 Å². The number of aromatic amines is 1. The molecule has 0 spiro atoms. The smallest absolute Gasteiger partial charge is 0.319 e. The van der Waals surface area contributed by atoms with Crippen LogP contribution in [0.3, 0.4) is 0 Å². The third-order valence-electron chi connectivity index (χ3n) is 2.70. The van der Waals surface area contributed by atoms with Crippen molar-refractivity contribution in [2.24, 2.45) is 0 Å². The lowest BCUT2D eigenvalue weighted by molar-refractivity contribution is -0.382. The van der Waals surface area contributed by atoms with E-state index in [0.29, 0.717) is 23.4 Å². The Morgan fingerprint density at radius 1 is 1.40 bits per heavy atom. The second-order valence-corrected chi connectivity index (χ2v) is 5.67. The first kappa shape index (κ1) is 12.8. The molecule has 2 aromatic heterocycles. The first-order chi connectivity index (χ1) is 9.65. The Morgan fingerprint density at radius 3 is 2.95 bits per heavy atom. The summed E-state index contributed by atoms with van der Waals surface area (Å²) in [4.78, 5) is 28.4. The third-order valence-corrected chi connectivity index (χ3v) is 4.21. The number of nitrogens with zero attached hydrogens (tertiary/aromatic N) is 2. The van der Waals surface area contributed by atoms with E-state index in [9.17, 15) is 14.9 Å². The van der Waals surface area contributed by atoms with Crippen molar-refractivity contribution < 1.29 is 4.92 Å². The minimum absolute atomic E-state index is 0.0404. The van der Waals surface area contributed by atoms with Crippen LogP contribution in [0, 0.1) is 10.1 Å². The van der Waals surface area contributed by atoms with E-state index >= 15 is 0 Å². The minimum Gasteiger partial charge on any atom is -0.374 e. The van der Waals surface area contributed by atoms with E-state index in [1.165, 1.54) is 11.3 Å². The number of nitrogens with one attached hydrogen (secondary N) is 2. The van der Waals surface area contributed by atoms with Gasteiger partial charge in [0, 0.05) is 11.1 Å². The molecule has 0 radical (unpaired) electrons. The normalized spacial score (nSPS) is 10.8. The number of H-pyrrole nitrogens is 1. The van der Waals surface area contributed by atoms with Gasteiger partial charge in [-0.1, -0.05) is 11.3 Å². The van der Waals surface area contributed by atoms with Gasteiger partial charge in [0.05, 0.1) is 21.7 Å². The van der Waals surface area contributed by atoms with Crippen LogP contribution < -0.4 is 10.2 Å². The van der Waals surface area contributed by atoms with E-state index in [0.717, 1.165) is 16.0 Å². The molecule has 0 aliphatic rings. The van der Waals surface area contributed by atoms with Gasteiger partial charge in [-0.3, -0.25) is 14.9 Å². The number of anilines is 1. The first-order valence-corrected chi connectivity index (χ1v) is 7.32. The molecule has 0 atom stereocenters. The zero-order valence-corrected chi connectivity index (χ0v) is 11.6. The van der Waals surface area contributed by atoms with E-state index in [1.54, 1.807) is 23.0 Å². The zero-order chi connectivity index (χ0) is 14.1. The molecule has 9 heteroatoms. The van der Waals surface area contributed by atoms with Crippen LogP contribution in [0.1, 0.15) is 5.69 Å². The van der Waals surface area contributed by atoms with Crippen LogP contribution in [-0.4, -0.2) is 14.9 Å². The van der Waals surface area contributed by atoms with Crippen LogP contribution in [0.5, 0.6) is 0 Å². The molecule has 3 rings (SSSR count). The van der Waals surface area contributed by atoms with Crippen LogP contribution in [0.4, 0.5) is 11.4 Å². The van der Waals surface area contributed by atoms with Crippen molar-refractivity contribution in [1.82, 2.24) is 9.97 Å². The summed E-state index contributed by atoms with van der Waals surface area (Å²) in [6.07, 6.45) is 0. The van der Waals surface area contributed by atoms with Crippen LogP contribution in [0.15, 0.2) is 27.8 Å². The van der Waals surface area contributed by atoms with Gasteiger partial charge in [0.25, 0.3) is 0 Å². The predicted molar refractivity (Wildman–Crippen MR) is 78.5 cm³/mol. The van der Waals surface area contributed by atoms with Gasteiger partial charge in [0.1, 0.15) is 5.69 Å². The van der Waals surface area contributed by atoms with Crippen molar-refractivity contribution in [2.75, 3.05) is 5.32 Å². The summed E-state index contributed by atoms with van der Waals surface area (Å²) in [6, 6.07) is 3.45. The molecule has 0 aliphatic heterocycles. The molecule has 2 N–H and O–H groups in total. The van der Waals surface area contributed by atoms with Crippen LogP contribution >= 0.6 is 22.7 Å². The number of nitro benzene ring substituents is 1. The Hall–Kier alpha value is -2.26. The zero-order valence-electron chi connectivity index (χ0n) is 9.95. The second-order valence-electron chi connectivity index (χ2n) is 3.94. The Balaban J connectivity index is 1.96. The molecule has 0 aliphatic carbocycles. The fraction of sp³-hybridized carbons (Fsp3) is 0.0909. The number of rotatable bonds is 4. The monoisotopic (exact) mass is 308 g/mol. The summed E-state index contributed by atoms with van der Waals surface area (Å²) in [5, 5.41) is 15.9. The Bertz CT molecular complexity index is 835. The molecule has 0 saturated heterocycles. The van der Waals surface area contributed by atoms with Gasteiger partial charge < -0.3 is 10.3 Å². The Labute approximate surface area is 120 Å². The molecule has 1 aromatic carbocycles. The maximum absolute atomic E-state index is 11.2. The van der Waals surface area contributed by atoms with E-state index < -0.39 is 4.92 Å². The average molecular weight is 308 g/mol. The van der Waals surface area contributed by atoms with E-state index in [-0.39, 0.29) is 10.6 Å². The summed E-state index contributed by atoms with van der Waals surface area (Å²) in [5.41, 5.74) is 3.00. The molecule has 7 nitrogen and oxygen atoms in total. The fourth-order valence-corrected chi connectivity index (χ4v) is 3.10. The average Bonchev–Trinajstić information content (AvgIpc) is 3.03. The molecule has 102 valence electrons. The second kappa shape index (κ2) is 5.02. The number of fused-ring (bicyclic) bond motifs is 1. The van der Waals surface area contributed by atoms with Gasteiger partial charge in [0.2, 0.25) is 0 Å². The molecular formula is C11H8N4O3S2. The van der Waals surface area contributed by atoms with Crippen molar-refractivity contribution in [1.29, 1.82) is 0 Å². The molecule has 20 heavy (non-hydrogen) atoms. The number of benzene rings is 1. The highest BCUT2D eigenvalue weighted by Gasteiger charge is 2.20. The molecule has 0 fully saturated rings. The van der Waals surface area contributed by atoms with Crippen molar-refractivity contribution in [3.8, 4) is 0 Å². The van der Waals surface area contributed by atoms with E-state index in [4.69, 9.17) is 0 Å². The molecule has 0 saturated carbocycles. The molecule has 2 heterocycles. The lowest BCUT2D eigenvalue weighted by atomic mass is 10.2. The molecule has 0 unspecified atom stereocenters. The number of thiazole rings is 2. The highest BCUT2D eigenvalue weighted by atomic mass is 32.1. The van der Waals surface area contributed by atoms with Crippen LogP contribution in [-0.2, 0) is 6.54 Å². The van der Waals surface area contributed by atoms with Gasteiger partial charge in [-0.15, -0.1) is 11.3 Å². The predicted octanol–water partition coefficient (Wildman–Crippen LogP) is 2.57. The van der Waals surface area contributed by atoms with Crippen LogP contribution in [0.2, 0.25) is 0 Å².